The number of hydrogen-bond acceptors (Lipinski definition) is 5. The zero-order valence-electron chi connectivity index (χ0n) is 14.7. The molecule has 0 saturated carbocycles. The first kappa shape index (κ1) is 16.2. The van der Waals surface area contributed by atoms with Gasteiger partial charge in [-0.25, -0.2) is 9.98 Å². The molecule has 6 heteroatoms. The molecule has 6 nitrogen and oxygen atoms in total. The van der Waals surface area contributed by atoms with Crippen LogP contribution in [0, 0.1) is 6.92 Å². The normalized spacial score (nSPS) is 12.4. The van der Waals surface area contributed by atoms with Crippen molar-refractivity contribution in [3.63, 3.8) is 0 Å². The molecule has 0 amide bonds. The van der Waals surface area contributed by atoms with Gasteiger partial charge in [-0.15, -0.1) is 0 Å². The molecule has 126 valence electrons. The Kier molecular flexibility index (Phi) is 4.13. The smallest absolute Gasteiger partial charge is 0.279 e. The van der Waals surface area contributed by atoms with Gasteiger partial charge in [-0.2, -0.15) is 0 Å². The number of rotatable bonds is 4. The fourth-order valence-electron chi connectivity index (χ4n) is 3.02. The number of fused-ring (bicyclic) bond motifs is 2. The average molecular weight is 325 g/mol. The summed E-state index contributed by atoms with van der Waals surface area (Å²) < 4.78 is 0. The van der Waals surface area contributed by atoms with Crippen LogP contribution >= 0.6 is 0 Å². The number of nitrogens with zero attached hydrogens (tertiary/aromatic N) is 4. The van der Waals surface area contributed by atoms with E-state index in [1.54, 1.807) is 0 Å². The first-order chi connectivity index (χ1) is 11.4. The van der Waals surface area contributed by atoms with Crippen LogP contribution in [0.2, 0.25) is 0 Å². The summed E-state index contributed by atoms with van der Waals surface area (Å²) in [5.74, 6) is 0.596. The number of aromatic amines is 1. The van der Waals surface area contributed by atoms with E-state index in [0.717, 1.165) is 42.0 Å². The fraction of sp³-hybridized carbons (Fsp3) is 0.389. The van der Waals surface area contributed by atoms with Crippen molar-refractivity contribution in [2.75, 3.05) is 30.4 Å². The molecule has 0 radical (unpaired) electrons. The van der Waals surface area contributed by atoms with Gasteiger partial charge in [0.15, 0.2) is 11.2 Å². The molecule has 1 N–H and O–H groups in total. The van der Waals surface area contributed by atoms with Crippen LogP contribution in [0.15, 0.2) is 21.9 Å². The average Bonchev–Trinajstić information content (AvgIpc) is 2.51. The topological polar surface area (TPSA) is 64.6 Å². The summed E-state index contributed by atoms with van der Waals surface area (Å²) in [6.45, 7) is 8.77. The van der Waals surface area contributed by atoms with E-state index >= 15 is 0 Å². The maximum absolute atomic E-state index is 12.3. The molecule has 1 aromatic heterocycles. The Bertz CT molecular complexity index is 945. The lowest BCUT2D eigenvalue weighted by atomic mass is 10.1. The molecule has 0 saturated heterocycles. The van der Waals surface area contributed by atoms with Crippen LogP contribution in [0.1, 0.15) is 25.3 Å². The van der Waals surface area contributed by atoms with Crippen molar-refractivity contribution in [3.05, 3.63) is 38.9 Å². The zero-order valence-corrected chi connectivity index (χ0v) is 14.7. The largest absolute Gasteiger partial charge is 0.377 e. The number of benzene rings is 1. The van der Waals surface area contributed by atoms with Crippen molar-refractivity contribution < 1.29 is 0 Å². The van der Waals surface area contributed by atoms with Gasteiger partial charge < -0.3 is 14.8 Å². The Morgan fingerprint density at radius 3 is 2.75 bits per heavy atom. The summed E-state index contributed by atoms with van der Waals surface area (Å²) in [5.41, 5.74) is 4.17. The molecule has 0 atom stereocenters. The molecular formula is C18H23N5O. The second kappa shape index (κ2) is 6.11. The molecule has 3 rings (SSSR count). The highest BCUT2D eigenvalue weighted by molar-refractivity contribution is 5.80. The van der Waals surface area contributed by atoms with Crippen LogP contribution in [0.25, 0.3) is 6.58 Å². The molecule has 0 fully saturated rings. The number of unbranched alkanes of at least 4 members (excludes halogenated alkanes) is 1. The summed E-state index contributed by atoms with van der Waals surface area (Å²) in [7, 11) is 4.05. The van der Waals surface area contributed by atoms with Crippen LogP contribution in [0.4, 0.5) is 22.9 Å². The van der Waals surface area contributed by atoms with Gasteiger partial charge in [-0.05, 0) is 31.0 Å². The third-order valence-electron chi connectivity index (χ3n) is 4.21. The molecular weight excluding hydrogens is 302 g/mol. The maximum Gasteiger partial charge on any atom is 0.279 e. The Morgan fingerprint density at radius 1 is 1.33 bits per heavy atom. The van der Waals surface area contributed by atoms with Gasteiger partial charge in [0.05, 0.1) is 11.4 Å². The second-order valence-corrected chi connectivity index (χ2v) is 6.32. The van der Waals surface area contributed by atoms with Gasteiger partial charge in [0.1, 0.15) is 5.48 Å². The minimum Gasteiger partial charge on any atom is -0.377 e. The van der Waals surface area contributed by atoms with E-state index in [1.807, 2.05) is 20.2 Å². The van der Waals surface area contributed by atoms with Gasteiger partial charge in [0.2, 0.25) is 0 Å². The lowest BCUT2D eigenvalue weighted by Crippen LogP contribution is -2.42. The maximum atomic E-state index is 12.3. The molecule has 1 aliphatic rings. The minimum atomic E-state index is -0.244. The van der Waals surface area contributed by atoms with Crippen molar-refractivity contribution in [2.24, 2.45) is 4.99 Å². The Balaban J connectivity index is 2.31. The summed E-state index contributed by atoms with van der Waals surface area (Å²) in [5, 5.41) is 0.364. The number of hydrogen-bond donors (Lipinski definition) is 1. The highest BCUT2D eigenvalue weighted by Crippen LogP contribution is 2.39. The molecule has 1 aromatic carbocycles. The van der Waals surface area contributed by atoms with Crippen LogP contribution in [0.5, 0.6) is 0 Å². The monoisotopic (exact) mass is 325 g/mol. The van der Waals surface area contributed by atoms with Gasteiger partial charge >= 0.3 is 0 Å². The van der Waals surface area contributed by atoms with Crippen LogP contribution < -0.4 is 26.2 Å². The van der Waals surface area contributed by atoms with Crippen LogP contribution in [-0.4, -0.2) is 30.6 Å². The predicted molar refractivity (Wildman–Crippen MR) is 98.2 cm³/mol. The van der Waals surface area contributed by atoms with E-state index in [2.05, 4.69) is 51.3 Å². The fourth-order valence-corrected chi connectivity index (χ4v) is 3.02. The first-order valence-corrected chi connectivity index (χ1v) is 8.20. The third-order valence-corrected chi connectivity index (χ3v) is 4.21. The van der Waals surface area contributed by atoms with Crippen LogP contribution in [-0.2, 0) is 0 Å². The summed E-state index contributed by atoms with van der Waals surface area (Å²) in [4.78, 5) is 28.2. The quantitative estimate of drug-likeness (QED) is 0.930. The van der Waals surface area contributed by atoms with E-state index in [9.17, 15) is 4.79 Å². The predicted octanol–water partition coefficient (Wildman–Crippen LogP) is 1.76. The minimum absolute atomic E-state index is 0.244. The summed E-state index contributed by atoms with van der Waals surface area (Å²) in [6.07, 6.45) is 2.07. The highest BCUT2D eigenvalue weighted by Gasteiger charge is 2.23. The number of anilines is 3. The SMILES string of the molecule is C=c1nc2c(c(=O)[nH]1)=Nc1cc(C)c(N(C)C)cc1N2CCCC. The number of nitrogens with one attached hydrogen (secondary N) is 1. The second-order valence-electron chi connectivity index (χ2n) is 6.32. The van der Waals surface area contributed by atoms with Crippen molar-refractivity contribution >= 4 is 29.5 Å². The van der Waals surface area contributed by atoms with Gasteiger partial charge in [-0.1, -0.05) is 19.9 Å². The highest BCUT2D eigenvalue weighted by atomic mass is 16.1. The van der Waals surface area contributed by atoms with Gasteiger partial charge in [0.25, 0.3) is 5.56 Å². The van der Waals surface area contributed by atoms with E-state index in [0.29, 0.717) is 16.7 Å². The van der Waals surface area contributed by atoms with E-state index in [4.69, 9.17) is 0 Å². The van der Waals surface area contributed by atoms with Crippen molar-refractivity contribution in [3.8, 4) is 0 Å². The molecule has 1 aliphatic heterocycles. The van der Waals surface area contributed by atoms with Gasteiger partial charge in [-0.3, -0.25) is 4.79 Å². The Morgan fingerprint density at radius 2 is 2.08 bits per heavy atom. The number of H-pyrrole nitrogens is 1. The molecule has 0 bridgehead atoms. The van der Waals surface area contributed by atoms with Crippen molar-refractivity contribution in [2.45, 2.75) is 26.7 Å². The van der Waals surface area contributed by atoms with E-state index in [1.165, 1.54) is 0 Å². The molecule has 2 heterocycles. The number of aryl methyl sites for hydroxylation is 1. The number of aromatic nitrogens is 2. The molecule has 24 heavy (non-hydrogen) atoms. The summed E-state index contributed by atoms with van der Waals surface area (Å²) >= 11 is 0. The first-order valence-electron chi connectivity index (χ1n) is 8.20. The van der Waals surface area contributed by atoms with Crippen LogP contribution in [0.3, 0.4) is 0 Å². The lowest BCUT2D eigenvalue weighted by molar-refractivity contribution is 0.767. The van der Waals surface area contributed by atoms with Gasteiger partial charge in [0, 0.05) is 26.3 Å². The third kappa shape index (κ3) is 2.68. The lowest BCUT2D eigenvalue weighted by Gasteiger charge is -2.29. The van der Waals surface area contributed by atoms with Crippen molar-refractivity contribution in [1.29, 1.82) is 0 Å². The summed E-state index contributed by atoms with van der Waals surface area (Å²) in [6, 6.07) is 4.16. The van der Waals surface area contributed by atoms with Crippen molar-refractivity contribution in [1.82, 2.24) is 9.97 Å². The Labute approximate surface area is 141 Å². The molecule has 0 aliphatic carbocycles. The molecule has 2 aromatic rings. The van der Waals surface area contributed by atoms with E-state index in [-0.39, 0.29) is 5.56 Å². The standard InChI is InChI=1S/C18H23N5O/c1-6-7-8-23-15-10-14(22(4)5)11(2)9-13(15)21-16-17(23)19-12(3)20-18(16)24/h9-10H,3,6-8H2,1-2,4-5H3,(H,20,24). The van der Waals surface area contributed by atoms with E-state index < -0.39 is 0 Å². The molecule has 0 unspecified atom stereocenters. The Hall–Kier alpha value is -2.63. The molecule has 0 spiro atoms. The zero-order chi connectivity index (χ0) is 17.4.